The quantitative estimate of drug-likeness (QED) is 0.401. The van der Waals surface area contributed by atoms with Gasteiger partial charge in [0.05, 0.1) is 0 Å². The zero-order chi connectivity index (χ0) is 27.6. The third-order valence-corrected chi connectivity index (χ3v) is 7.92. The summed E-state index contributed by atoms with van der Waals surface area (Å²) in [7, 11) is 0. The van der Waals surface area contributed by atoms with Gasteiger partial charge in [0.25, 0.3) is 0 Å². The number of rotatable bonds is 6. The summed E-state index contributed by atoms with van der Waals surface area (Å²) in [4.78, 5) is 18.1. The van der Waals surface area contributed by atoms with Crippen molar-refractivity contribution < 1.29 is 40.6 Å². The summed E-state index contributed by atoms with van der Waals surface area (Å²) in [6.07, 6.45) is -6.40. The van der Waals surface area contributed by atoms with Gasteiger partial charge in [0, 0.05) is 31.7 Å². The predicted octanol–water partition coefficient (Wildman–Crippen LogP) is 6.09. The SMILES string of the molecule is CC(OC(=O)N1CCC2(CCCN2Cc2cc(CN3CCCCC3)cc(OC(F)(F)F)c2)CC1)C(F)(F)F. The average Bonchev–Trinajstić information content (AvgIpc) is 3.19. The highest BCUT2D eigenvalue weighted by Crippen LogP contribution is 2.40. The van der Waals surface area contributed by atoms with E-state index < -0.39 is 24.7 Å². The van der Waals surface area contributed by atoms with Crippen molar-refractivity contribution in [1.29, 1.82) is 0 Å². The lowest BCUT2D eigenvalue weighted by atomic mass is 9.85. The molecule has 214 valence electrons. The molecule has 4 rings (SSSR count). The number of hydrogen-bond donors (Lipinski definition) is 0. The van der Waals surface area contributed by atoms with Gasteiger partial charge in [-0.25, -0.2) is 4.79 Å². The number of halogens is 6. The van der Waals surface area contributed by atoms with Crippen molar-refractivity contribution in [2.24, 2.45) is 0 Å². The van der Waals surface area contributed by atoms with Crippen LogP contribution in [0.2, 0.25) is 0 Å². The monoisotopic (exact) mass is 551 g/mol. The van der Waals surface area contributed by atoms with Crippen LogP contribution >= 0.6 is 0 Å². The molecule has 0 radical (unpaired) electrons. The first-order valence-electron chi connectivity index (χ1n) is 13.2. The fraction of sp³-hybridized carbons (Fsp3) is 0.731. The van der Waals surface area contributed by atoms with E-state index in [1.807, 2.05) is 6.07 Å². The molecule has 1 aromatic carbocycles. The third-order valence-electron chi connectivity index (χ3n) is 7.92. The second kappa shape index (κ2) is 11.5. The molecule has 1 atom stereocenters. The number of piperidine rings is 2. The van der Waals surface area contributed by atoms with Crippen molar-refractivity contribution in [3.05, 3.63) is 29.3 Å². The molecule has 0 aromatic heterocycles. The summed E-state index contributed by atoms with van der Waals surface area (Å²) in [5.41, 5.74) is 1.23. The molecule has 1 unspecified atom stereocenters. The third kappa shape index (κ3) is 7.46. The van der Waals surface area contributed by atoms with Crippen molar-refractivity contribution in [2.45, 2.75) is 89.1 Å². The van der Waals surface area contributed by atoms with E-state index >= 15 is 0 Å². The summed E-state index contributed by atoms with van der Waals surface area (Å²) < 4.78 is 86.4. The van der Waals surface area contributed by atoms with E-state index in [1.165, 1.54) is 17.0 Å². The molecule has 1 amide bonds. The minimum Gasteiger partial charge on any atom is -0.437 e. The number of hydrogen-bond acceptors (Lipinski definition) is 5. The van der Waals surface area contributed by atoms with Crippen LogP contribution in [0.1, 0.15) is 63.0 Å². The van der Waals surface area contributed by atoms with Gasteiger partial charge in [0.2, 0.25) is 0 Å². The minimum absolute atomic E-state index is 0.230. The van der Waals surface area contributed by atoms with Crippen LogP contribution in [0, 0.1) is 0 Å². The molecule has 1 aromatic rings. The normalized spacial score (nSPS) is 22.0. The van der Waals surface area contributed by atoms with Crippen LogP contribution in [-0.2, 0) is 17.8 Å². The van der Waals surface area contributed by atoms with Crippen LogP contribution in [0.3, 0.4) is 0 Å². The maximum Gasteiger partial charge on any atom is 0.573 e. The van der Waals surface area contributed by atoms with E-state index in [4.69, 9.17) is 0 Å². The van der Waals surface area contributed by atoms with Gasteiger partial charge in [-0.1, -0.05) is 12.5 Å². The molecule has 3 fully saturated rings. The fourth-order valence-electron chi connectivity index (χ4n) is 5.91. The van der Waals surface area contributed by atoms with Crippen molar-refractivity contribution in [3.63, 3.8) is 0 Å². The van der Waals surface area contributed by atoms with Gasteiger partial charge in [-0.3, -0.25) is 9.80 Å². The standard InChI is InChI=1S/C26H35F6N3O3/c1-19(25(27,28)29)37-23(36)34-12-7-24(8-13-34)6-5-11-35(24)18-21-14-20(17-33-9-3-2-4-10-33)15-22(16-21)38-26(30,31)32/h14-16,19H,2-13,17-18H2,1H3. The van der Waals surface area contributed by atoms with Gasteiger partial charge in [0.1, 0.15) is 5.75 Å². The van der Waals surface area contributed by atoms with Gasteiger partial charge >= 0.3 is 18.6 Å². The number of likely N-dealkylation sites (tertiary alicyclic amines) is 3. The smallest absolute Gasteiger partial charge is 0.437 e. The van der Waals surface area contributed by atoms with E-state index in [0.717, 1.165) is 69.8 Å². The predicted molar refractivity (Wildman–Crippen MR) is 127 cm³/mol. The Hall–Kier alpha value is -2.21. The second-order valence-electron chi connectivity index (χ2n) is 10.7. The molecule has 3 saturated heterocycles. The van der Waals surface area contributed by atoms with Crippen molar-refractivity contribution in [1.82, 2.24) is 14.7 Å². The van der Waals surface area contributed by atoms with E-state index in [0.29, 0.717) is 25.9 Å². The number of alkyl halides is 6. The van der Waals surface area contributed by atoms with Gasteiger partial charge in [0.15, 0.2) is 6.10 Å². The summed E-state index contributed by atoms with van der Waals surface area (Å²) >= 11 is 0. The number of amides is 1. The zero-order valence-electron chi connectivity index (χ0n) is 21.5. The largest absolute Gasteiger partial charge is 0.573 e. The van der Waals surface area contributed by atoms with Crippen LogP contribution in [0.5, 0.6) is 5.75 Å². The summed E-state index contributed by atoms with van der Waals surface area (Å²) in [5, 5.41) is 0. The lowest BCUT2D eigenvalue weighted by molar-refractivity contribution is -0.274. The van der Waals surface area contributed by atoms with Crippen LogP contribution in [-0.4, -0.2) is 77.7 Å². The fourth-order valence-corrected chi connectivity index (χ4v) is 5.91. The maximum absolute atomic E-state index is 13.1. The number of nitrogens with zero attached hydrogens (tertiary/aromatic N) is 3. The molecule has 3 aliphatic heterocycles. The Labute approximate surface area is 218 Å². The first-order chi connectivity index (χ1) is 17.8. The molecular formula is C26H35F6N3O3. The molecule has 0 aliphatic carbocycles. The molecule has 0 N–H and O–H groups in total. The molecule has 3 heterocycles. The van der Waals surface area contributed by atoms with Crippen molar-refractivity contribution >= 4 is 6.09 Å². The first kappa shape index (κ1) is 28.8. The summed E-state index contributed by atoms with van der Waals surface area (Å²) in [6, 6.07) is 4.83. The Kier molecular flexibility index (Phi) is 8.71. The molecule has 1 spiro atoms. The molecule has 0 saturated carbocycles. The highest BCUT2D eigenvalue weighted by molar-refractivity contribution is 5.68. The van der Waals surface area contributed by atoms with Crippen LogP contribution in [0.25, 0.3) is 0 Å². The van der Waals surface area contributed by atoms with E-state index in [1.54, 1.807) is 0 Å². The summed E-state index contributed by atoms with van der Waals surface area (Å²) in [5.74, 6) is -0.230. The van der Waals surface area contributed by atoms with Crippen molar-refractivity contribution in [2.75, 3.05) is 32.7 Å². The number of carbonyl (C=O) groups is 1. The molecule has 12 heteroatoms. The van der Waals surface area contributed by atoms with Crippen LogP contribution in [0.4, 0.5) is 31.1 Å². The highest BCUT2D eigenvalue weighted by Gasteiger charge is 2.45. The Morgan fingerprint density at radius 2 is 1.50 bits per heavy atom. The van der Waals surface area contributed by atoms with Gasteiger partial charge < -0.3 is 14.4 Å². The van der Waals surface area contributed by atoms with E-state index in [-0.39, 0.29) is 24.4 Å². The maximum atomic E-state index is 13.1. The average molecular weight is 552 g/mol. The molecule has 0 bridgehead atoms. The topological polar surface area (TPSA) is 45.2 Å². The zero-order valence-corrected chi connectivity index (χ0v) is 21.5. The second-order valence-corrected chi connectivity index (χ2v) is 10.7. The van der Waals surface area contributed by atoms with Crippen molar-refractivity contribution in [3.8, 4) is 5.75 Å². The number of carbonyl (C=O) groups excluding carboxylic acids is 1. The Bertz CT molecular complexity index is 957. The minimum atomic E-state index is -4.79. The van der Waals surface area contributed by atoms with E-state index in [2.05, 4.69) is 19.3 Å². The Morgan fingerprint density at radius 3 is 2.11 bits per heavy atom. The van der Waals surface area contributed by atoms with E-state index in [9.17, 15) is 31.1 Å². The molecule has 6 nitrogen and oxygen atoms in total. The van der Waals surface area contributed by atoms with Gasteiger partial charge in [-0.15, -0.1) is 13.2 Å². The summed E-state index contributed by atoms with van der Waals surface area (Å²) in [6.45, 7) is 4.89. The first-order valence-corrected chi connectivity index (χ1v) is 13.2. The van der Waals surface area contributed by atoms with Crippen LogP contribution < -0.4 is 4.74 Å². The molecular weight excluding hydrogens is 516 g/mol. The highest BCUT2D eigenvalue weighted by atomic mass is 19.4. The lowest BCUT2D eigenvalue weighted by Gasteiger charge is -2.45. The number of ether oxygens (including phenoxy) is 2. The van der Waals surface area contributed by atoms with Crippen LogP contribution in [0.15, 0.2) is 18.2 Å². The lowest BCUT2D eigenvalue weighted by Crippen LogP contribution is -2.53. The Morgan fingerprint density at radius 1 is 0.868 bits per heavy atom. The van der Waals surface area contributed by atoms with Gasteiger partial charge in [-0.2, -0.15) is 13.2 Å². The number of benzene rings is 1. The molecule has 3 aliphatic rings. The van der Waals surface area contributed by atoms with Gasteiger partial charge in [-0.05, 0) is 88.3 Å². The Balaban J connectivity index is 1.44. The molecule has 38 heavy (non-hydrogen) atoms.